The Kier molecular flexibility index (Phi) is 4.58. The second kappa shape index (κ2) is 6.98. The minimum atomic E-state index is -0.0140. The number of hydrogen-bond acceptors (Lipinski definition) is 4. The maximum atomic E-state index is 12.0. The summed E-state index contributed by atoms with van der Waals surface area (Å²) in [6, 6.07) is 9.62. The van der Waals surface area contributed by atoms with Crippen molar-refractivity contribution < 1.29 is 9.53 Å². The van der Waals surface area contributed by atoms with Crippen molar-refractivity contribution in [2.24, 2.45) is 0 Å². The van der Waals surface area contributed by atoms with Gasteiger partial charge in [0.15, 0.2) is 0 Å². The molecule has 0 saturated carbocycles. The molecule has 0 atom stereocenters. The molecule has 0 saturated heterocycles. The highest BCUT2D eigenvalue weighted by atomic mass is 16.5. The molecule has 0 fully saturated rings. The molecule has 1 aliphatic rings. The lowest BCUT2D eigenvalue weighted by atomic mass is 10.3. The zero-order chi connectivity index (χ0) is 15.2. The molecule has 3 rings (SSSR count). The first-order chi connectivity index (χ1) is 10.8. The van der Waals surface area contributed by atoms with Gasteiger partial charge in [0, 0.05) is 19.5 Å². The van der Waals surface area contributed by atoms with Crippen LogP contribution in [-0.2, 0) is 11.3 Å². The lowest BCUT2D eigenvalue weighted by molar-refractivity contribution is -0.116. The number of aromatic nitrogens is 2. The first kappa shape index (κ1) is 14.4. The Bertz CT molecular complexity index is 624. The van der Waals surface area contributed by atoms with Crippen molar-refractivity contribution >= 4 is 17.4 Å². The zero-order valence-electron chi connectivity index (χ0n) is 12.4. The smallest absolute Gasteiger partial charge is 0.224 e. The molecular formula is C16H20N4O2. The van der Waals surface area contributed by atoms with Crippen LogP contribution in [0.2, 0.25) is 0 Å². The predicted octanol–water partition coefficient (Wildman–Crippen LogP) is 2.50. The monoisotopic (exact) mass is 300 g/mol. The van der Waals surface area contributed by atoms with Crippen molar-refractivity contribution in [3.05, 3.63) is 36.5 Å². The summed E-state index contributed by atoms with van der Waals surface area (Å²) in [6.45, 7) is 2.34. The lowest BCUT2D eigenvalue weighted by Gasteiger charge is -2.17. The van der Waals surface area contributed by atoms with E-state index in [0.29, 0.717) is 19.4 Å². The van der Waals surface area contributed by atoms with Gasteiger partial charge in [-0.1, -0.05) is 18.2 Å². The summed E-state index contributed by atoms with van der Waals surface area (Å²) in [6.07, 6.45) is 3.86. The maximum absolute atomic E-state index is 12.0. The molecule has 0 aliphatic carbocycles. The van der Waals surface area contributed by atoms with Crippen molar-refractivity contribution in [3.8, 4) is 5.75 Å². The Hall–Kier alpha value is -2.50. The number of hydrogen-bond donors (Lipinski definition) is 2. The van der Waals surface area contributed by atoms with Gasteiger partial charge in [-0.2, -0.15) is 5.10 Å². The summed E-state index contributed by atoms with van der Waals surface area (Å²) >= 11 is 0. The van der Waals surface area contributed by atoms with Gasteiger partial charge in [0.1, 0.15) is 17.3 Å². The number of para-hydroxylation sites is 1. The van der Waals surface area contributed by atoms with Gasteiger partial charge in [-0.3, -0.25) is 4.79 Å². The normalized spacial score (nSPS) is 13.1. The number of amides is 1. The molecule has 0 bridgehead atoms. The highest BCUT2D eigenvalue weighted by molar-refractivity contribution is 5.93. The number of aryl methyl sites for hydroxylation is 1. The summed E-state index contributed by atoms with van der Waals surface area (Å²) < 4.78 is 7.46. The van der Waals surface area contributed by atoms with E-state index in [0.717, 1.165) is 36.8 Å². The van der Waals surface area contributed by atoms with Crippen LogP contribution in [0, 0.1) is 0 Å². The van der Waals surface area contributed by atoms with Crippen molar-refractivity contribution in [2.75, 3.05) is 23.8 Å². The van der Waals surface area contributed by atoms with Gasteiger partial charge in [-0.15, -0.1) is 0 Å². The number of carbonyl (C=O) groups excluding carboxylic acids is 1. The number of rotatable bonds is 6. The van der Waals surface area contributed by atoms with E-state index >= 15 is 0 Å². The maximum Gasteiger partial charge on any atom is 0.224 e. The summed E-state index contributed by atoms with van der Waals surface area (Å²) in [5, 5.41) is 10.4. The minimum Gasteiger partial charge on any atom is -0.494 e. The number of nitrogens with one attached hydrogen (secondary N) is 2. The molecule has 1 aliphatic heterocycles. The van der Waals surface area contributed by atoms with Crippen molar-refractivity contribution in [2.45, 2.75) is 25.8 Å². The lowest BCUT2D eigenvalue weighted by Crippen LogP contribution is -2.19. The van der Waals surface area contributed by atoms with Crippen LogP contribution in [0.1, 0.15) is 19.3 Å². The first-order valence-electron chi connectivity index (χ1n) is 7.60. The van der Waals surface area contributed by atoms with Crippen LogP contribution in [-0.4, -0.2) is 28.8 Å². The van der Waals surface area contributed by atoms with Crippen LogP contribution in [0.5, 0.6) is 5.75 Å². The fourth-order valence-corrected chi connectivity index (χ4v) is 2.42. The highest BCUT2D eigenvalue weighted by Crippen LogP contribution is 2.24. The van der Waals surface area contributed by atoms with Crippen LogP contribution >= 0.6 is 0 Å². The molecule has 2 N–H and O–H groups in total. The molecule has 0 radical (unpaired) electrons. The van der Waals surface area contributed by atoms with Gasteiger partial charge in [-0.25, -0.2) is 4.68 Å². The third-order valence-electron chi connectivity index (χ3n) is 3.51. The van der Waals surface area contributed by atoms with E-state index in [1.54, 1.807) is 6.20 Å². The van der Waals surface area contributed by atoms with Crippen LogP contribution in [0.15, 0.2) is 36.5 Å². The number of benzene rings is 1. The van der Waals surface area contributed by atoms with Gasteiger partial charge in [-0.05, 0) is 25.0 Å². The first-order valence-corrected chi connectivity index (χ1v) is 7.60. The quantitative estimate of drug-likeness (QED) is 0.804. The summed E-state index contributed by atoms with van der Waals surface area (Å²) in [5.74, 6) is 1.72. The van der Waals surface area contributed by atoms with Crippen LogP contribution in [0.4, 0.5) is 11.5 Å². The molecular weight excluding hydrogens is 280 g/mol. The SMILES string of the molecule is O=C(CCCOc1ccccc1)Nc1cnn2c1NCCC2. The van der Waals surface area contributed by atoms with Gasteiger partial charge in [0.25, 0.3) is 0 Å². The Morgan fingerprint density at radius 2 is 2.23 bits per heavy atom. The van der Waals surface area contributed by atoms with Gasteiger partial charge >= 0.3 is 0 Å². The molecule has 2 heterocycles. The fourth-order valence-electron chi connectivity index (χ4n) is 2.42. The third-order valence-corrected chi connectivity index (χ3v) is 3.51. The Balaban J connectivity index is 1.42. The average molecular weight is 300 g/mol. The van der Waals surface area contributed by atoms with Crippen LogP contribution in [0.25, 0.3) is 0 Å². The molecule has 1 amide bonds. The van der Waals surface area contributed by atoms with E-state index < -0.39 is 0 Å². The molecule has 1 aromatic carbocycles. The number of nitrogens with zero attached hydrogens (tertiary/aromatic N) is 2. The number of ether oxygens (including phenoxy) is 1. The fraction of sp³-hybridized carbons (Fsp3) is 0.375. The summed E-state index contributed by atoms with van der Waals surface area (Å²) in [7, 11) is 0. The molecule has 22 heavy (non-hydrogen) atoms. The molecule has 2 aromatic rings. The predicted molar refractivity (Wildman–Crippen MR) is 85.1 cm³/mol. The van der Waals surface area contributed by atoms with Crippen molar-refractivity contribution in [3.63, 3.8) is 0 Å². The number of anilines is 2. The summed E-state index contributed by atoms with van der Waals surface area (Å²) in [5.41, 5.74) is 0.758. The second-order valence-corrected chi connectivity index (χ2v) is 5.22. The molecule has 116 valence electrons. The standard InChI is InChI=1S/C16H20N4O2/c21-15(8-4-11-22-13-6-2-1-3-7-13)19-14-12-18-20-10-5-9-17-16(14)20/h1-3,6-7,12,17H,4-5,8-11H2,(H,19,21). The molecule has 6 heteroatoms. The highest BCUT2D eigenvalue weighted by Gasteiger charge is 2.15. The van der Waals surface area contributed by atoms with Crippen molar-refractivity contribution in [1.29, 1.82) is 0 Å². The van der Waals surface area contributed by atoms with E-state index in [1.165, 1.54) is 0 Å². The molecule has 0 spiro atoms. The van der Waals surface area contributed by atoms with Crippen molar-refractivity contribution in [1.82, 2.24) is 9.78 Å². The van der Waals surface area contributed by atoms with Crippen LogP contribution in [0.3, 0.4) is 0 Å². The van der Waals surface area contributed by atoms with Gasteiger partial charge < -0.3 is 15.4 Å². The van der Waals surface area contributed by atoms with E-state index in [2.05, 4.69) is 15.7 Å². The Labute approximate surface area is 129 Å². The van der Waals surface area contributed by atoms with E-state index in [1.807, 2.05) is 35.0 Å². The zero-order valence-corrected chi connectivity index (χ0v) is 12.4. The third kappa shape index (κ3) is 3.58. The number of fused-ring (bicyclic) bond motifs is 1. The molecule has 6 nitrogen and oxygen atoms in total. The number of carbonyl (C=O) groups is 1. The Morgan fingerprint density at radius 3 is 3.09 bits per heavy atom. The average Bonchev–Trinajstić information content (AvgIpc) is 2.96. The van der Waals surface area contributed by atoms with E-state index in [-0.39, 0.29) is 5.91 Å². The minimum absolute atomic E-state index is 0.0140. The van der Waals surface area contributed by atoms with Crippen LogP contribution < -0.4 is 15.4 Å². The largest absolute Gasteiger partial charge is 0.494 e. The van der Waals surface area contributed by atoms with Gasteiger partial charge in [0.2, 0.25) is 5.91 Å². The van der Waals surface area contributed by atoms with E-state index in [4.69, 9.17) is 4.74 Å². The Morgan fingerprint density at radius 1 is 1.36 bits per heavy atom. The van der Waals surface area contributed by atoms with E-state index in [9.17, 15) is 4.79 Å². The second-order valence-electron chi connectivity index (χ2n) is 5.22. The molecule has 0 unspecified atom stereocenters. The summed E-state index contributed by atoms with van der Waals surface area (Å²) in [4.78, 5) is 12.0. The van der Waals surface area contributed by atoms with Gasteiger partial charge in [0.05, 0.1) is 12.8 Å². The topological polar surface area (TPSA) is 68.2 Å². The molecule has 1 aromatic heterocycles.